The number of Topliss-reactive ketones (excluding diaryl/α,β-unsaturated/α-hetero) is 1. The van der Waals surface area contributed by atoms with Gasteiger partial charge in [-0.25, -0.2) is 0 Å². The van der Waals surface area contributed by atoms with E-state index in [4.69, 9.17) is 4.42 Å². The molecule has 1 fully saturated rings. The Morgan fingerprint density at radius 1 is 0.758 bits per heavy atom. The maximum atomic E-state index is 15.3. The summed E-state index contributed by atoms with van der Waals surface area (Å²) in [6.07, 6.45) is 2.32. The van der Waals surface area contributed by atoms with Gasteiger partial charge in [-0.3, -0.25) is 4.79 Å². The molecule has 1 aliphatic rings. The number of benzene rings is 3. The number of rotatable bonds is 7. The summed E-state index contributed by atoms with van der Waals surface area (Å²) in [5, 5.41) is 13.0. The second-order valence-electron chi connectivity index (χ2n) is 8.21. The van der Waals surface area contributed by atoms with E-state index >= 15 is 4.57 Å². The van der Waals surface area contributed by atoms with E-state index in [1.165, 1.54) is 6.26 Å². The zero-order chi connectivity index (χ0) is 22.9. The number of aliphatic hydroxyl groups is 1. The molecule has 0 unspecified atom stereocenters. The summed E-state index contributed by atoms with van der Waals surface area (Å²) < 4.78 is 20.7. The Morgan fingerprint density at radius 2 is 1.27 bits per heavy atom. The van der Waals surface area contributed by atoms with E-state index < -0.39 is 18.5 Å². The summed E-state index contributed by atoms with van der Waals surface area (Å²) >= 11 is 0. The first-order valence-corrected chi connectivity index (χ1v) is 12.6. The van der Waals surface area contributed by atoms with Crippen LogP contribution in [0, 0.1) is 0 Å². The van der Waals surface area contributed by atoms with Crippen molar-refractivity contribution < 1.29 is 18.9 Å². The second-order valence-corrected chi connectivity index (χ2v) is 10.9. The SMILES string of the molecule is O=C(/C(=C(\C1(O)CC1)P(=O)(c1ccccc1)c1ccccc1)c1ccccc1)c1ccco1. The van der Waals surface area contributed by atoms with Crippen LogP contribution in [0.5, 0.6) is 0 Å². The third-order valence-corrected chi connectivity index (χ3v) is 9.31. The summed E-state index contributed by atoms with van der Waals surface area (Å²) in [7, 11) is -3.60. The van der Waals surface area contributed by atoms with Crippen molar-refractivity contribution in [2.24, 2.45) is 0 Å². The fraction of sp³-hybridized carbons (Fsp3) is 0.107. The second kappa shape index (κ2) is 8.47. The highest BCUT2D eigenvalue weighted by Crippen LogP contribution is 2.64. The predicted octanol–water partition coefficient (Wildman–Crippen LogP) is 5.41. The van der Waals surface area contributed by atoms with Crippen LogP contribution in [0.25, 0.3) is 5.57 Å². The van der Waals surface area contributed by atoms with Crippen LogP contribution in [0.15, 0.2) is 119 Å². The molecular weight excluding hydrogens is 431 g/mol. The lowest BCUT2D eigenvalue weighted by Crippen LogP contribution is -2.27. The Hall–Kier alpha value is -3.46. The minimum atomic E-state index is -3.60. The average Bonchev–Trinajstić information content (AvgIpc) is 3.37. The van der Waals surface area contributed by atoms with E-state index in [-0.39, 0.29) is 16.6 Å². The van der Waals surface area contributed by atoms with Crippen molar-refractivity contribution in [2.45, 2.75) is 18.4 Å². The first-order valence-electron chi connectivity index (χ1n) is 10.9. The molecule has 1 saturated carbocycles. The number of ketones is 1. The van der Waals surface area contributed by atoms with Crippen molar-refractivity contribution in [3.8, 4) is 0 Å². The van der Waals surface area contributed by atoms with Crippen molar-refractivity contribution in [1.82, 2.24) is 0 Å². The molecule has 4 nitrogen and oxygen atoms in total. The number of carbonyl (C=O) groups excluding carboxylic acids is 1. The van der Waals surface area contributed by atoms with Gasteiger partial charge in [0, 0.05) is 21.5 Å². The average molecular weight is 454 g/mol. The van der Waals surface area contributed by atoms with Crippen molar-refractivity contribution >= 4 is 29.1 Å². The van der Waals surface area contributed by atoms with Gasteiger partial charge in [0.1, 0.15) is 0 Å². The Kier molecular flexibility index (Phi) is 5.49. The van der Waals surface area contributed by atoms with Crippen molar-refractivity contribution in [3.05, 3.63) is 126 Å². The maximum Gasteiger partial charge on any atom is 0.229 e. The highest BCUT2D eigenvalue weighted by Gasteiger charge is 2.54. The van der Waals surface area contributed by atoms with Crippen molar-refractivity contribution in [3.63, 3.8) is 0 Å². The summed E-state index contributed by atoms with van der Waals surface area (Å²) in [6, 6.07) is 30.6. The number of allylic oxidation sites excluding steroid dienone is 1. The van der Waals surface area contributed by atoms with Crippen LogP contribution in [0.2, 0.25) is 0 Å². The molecule has 0 amide bonds. The van der Waals surface area contributed by atoms with Gasteiger partial charge >= 0.3 is 0 Å². The molecule has 1 aromatic heterocycles. The lowest BCUT2D eigenvalue weighted by Gasteiger charge is -2.29. The fourth-order valence-electron chi connectivity index (χ4n) is 4.23. The maximum absolute atomic E-state index is 15.3. The molecule has 3 aromatic carbocycles. The zero-order valence-corrected chi connectivity index (χ0v) is 18.8. The lowest BCUT2D eigenvalue weighted by molar-refractivity contribution is 0.102. The van der Waals surface area contributed by atoms with E-state index in [2.05, 4.69) is 0 Å². The molecular formula is C28H23O4P. The van der Waals surface area contributed by atoms with Crippen LogP contribution >= 0.6 is 7.14 Å². The largest absolute Gasteiger partial charge is 0.461 e. The van der Waals surface area contributed by atoms with E-state index in [9.17, 15) is 9.90 Å². The quantitative estimate of drug-likeness (QED) is 0.230. The molecule has 0 atom stereocenters. The number of hydrogen-bond donors (Lipinski definition) is 1. The standard InChI is InChI=1S/C28H23O4P/c29-26(24-17-10-20-32-24)25(21-11-4-1-5-12-21)27(28(30)18-19-28)33(31,22-13-6-2-7-14-22)23-15-8-3-9-16-23/h1-17,20,30H,18-19H2/b27-25+. The molecule has 1 N–H and O–H groups in total. The van der Waals surface area contributed by atoms with E-state index in [0.29, 0.717) is 29.0 Å². The summed E-state index contributed by atoms with van der Waals surface area (Å²) in [4.78, 5) is 13.8. The molecule has 0 bridgehead atoms. The van der Waals surface area contributed by atoms with Crippen LogP contribution in [-0.2, 0) is 4.57 Å². The molecule has 0 spiro atoms. The van der Waals surface area contributed by atoms with Crippen LogP contribution in [0.4, 0.5) is 0 Å². The minimum Gasteiger partial charge on any atom is -0.461 e. The van der Waals surface area contributed by atoms with Gasteiger partial charge in [-0.1, -0.05) is 91.0 Å². The molecule has 0 aliphatic heterocycles. The Balaban J connectivity index is 1.91. The van der Waals surface area contributed by atoms with Crippen LogP contribution in [0.1, 0.15) is 29.0 Å². The highest BCUT2D eigenvalue weighted by atomic mass is 31.2. The van der Waals surface area contributed by atoms with Crippen LogP contribution in [-0.4, -0.2) is 16.5 Å². The smallest absolute Gasteiger partial charge is 0.229 e. The number of carbonyl (C=O) groups is 1. The van der Waals surface area contributed by atoms with Gasteiger partial charge < -0.3 is 14.1 Å². The van der Waals surface area contributed by atoms with E-state index in [0.717, 1.165) is 0 Å². The lowest BCUT2D eigenvalue weighted by atomic mass is 9.97. The third-order valence-electron chi connectivity index (χ3n) is 5.99. The van der Waals surface area contributed by atoms with Gasteiger partial charge in [0.2, 0.25) is 5.78 Å². The molecule has 0 saturated heterocycles. The Bertz CT molecular complexity index is 1290. The summed E-state index contributed by atoms with van der Waals surface area (Å²) in [5.41, 5.74) is -0.503. The number of hydrogen-bond acceptors (Lipinski definition) is 4. The van der Waals surface area contributed by atoms with Gasteiger partial charge in [-0.05, 0) is 30.5 Å². The molecule has 5 heteroatoms. The summed E-state index contributed by atoms with van der Waals surface area (Å²) in [6.45, 7) is 0. The monoisotopic (exact) mass is 454 g/mol. The first kappa shape index (κ1) is 21.4. The molecule has 1 aliphatic carbocycles. The zero-order valence-electron chi connectivity index (χ0n) is 17.9. The fourth-order valence-corrected chi connectivity index (χ4v) is 7.59. The first-order chi connectivity index (χ1) is 16.0. The van der Waals surface area contributed by atoms with Gasteiger partial charge in [0.15, 0.2) is 12.9 Å². The highest BCUT2D eigenvalue weighted by molar-refractivity contribution is 7.82. The van der Waals surface area contributed by atoms with Crippen LogP contribution < -0.4 is 10.6 Å². The number of furan rings is 1. The molecule has 33 heavy (non-hydrogen) atoms. The third kappa shape index (κ3) is 3.82. The predicted molar refractivity (Wildman–Crippen MR) is 130 cm³/mol. The minimum absolute atomic E-state index is 0.142. The summed E-state index contributed by atoms with van der Waals surface area (Å²) in [5.74, 6) is -0.253. The van der Waals surface area contributed by atoms with Gasteiger partial charge in [-0.2, -0.15) is 0 Å². The molecule has 0 radical (unpaired) electrons. The van der Waals surface area contributed by atoms with Crippen LogP contribution in [0.3, 0.4) is 0 Å². The Morgan fingerprint density at radius 3 is 1.73 bits per heavy atom. The van der Waals surface area contributed by atoms with Crippen molar-refractivity contribution in [2.75, 3.05) is 0 Å². The van der Waals surface area contributed by atoms with Gasteiger partial charge in [0.05, 0.1) is 11.9 Å². The van der Waals surface area contributed by atoms with Gasteiger partial charge in [0.25, 0.3) is 0 Å². The Labute approximate surface area is 192 Å². The molecule has 4 aromatic rings. The normalized spacial score (nSPS) is 15.5. The van der Waals surface area contributed by atoms with E-state index in [1.807, 2.05) is 66.7 Å². The molecule has 5 rings (SSSR count). The van der Waals surface area contributed by atoms with Gasteiger partial charge in [-0.15, -0.1) is 0 Å². The molecule has 1 heterocycles. The molecule has 164 valence electrons. The van der Waals surface area contributed by atoms with Crippen molar-refractivity contribution in [1.29, 1.82) is 0 Å². The van der Waals surface area contributed by atoms with E-state index in [1.54, 1.807) is 36.4 Å². The topological polar surface area (TPSA) is 67.5 Å².